The third-order valence-corrected chi connectivity index (χ3v) is 5.89. The Morgan fingerprint density at radius 3 is 2.63 bits per heavy atom. The standard InChI is InChI=1S/C20H20BrN3O2S/c1-25-16-8-6-13(7-9-16)20(14-4-3-5-15(21)10-14)18-22-11-17(26-2)12-24(18)19(27)23-20/h3-10,17H,11-12H2,1-2H3,(H,23,27). The first-order valence-electron chi connectivity index (χ1n) is 8.66. The number of methoxy groups -OCH3 is 2. The monoisotopic (exact) mass is 445 g/mol. The van der Waals surface area contributed by atoms with Crippen LogP contribution in [0.4, 0.5) is 0 Å². The molecule has 0 aliphatic carbocycles. The van der Waals surface area contributed by atoms with Gasteiger partial charge in [-0.3, -0.25) is 4.99 Å². The highest BCUT2D eigenvalue weighted by Gasteiger charge is 2.51. The molecule has 2 atom stereocenters. The molecule has 2 heterocycles. The van der Waals surface area contributed by atoms with Gasteiger partial charge in [0.25, 0.3) is 0 Å². The summed E-state index contributed by atoms with van der Waals surface area (Å²) in [6, 6.07) is 16.3. The van der Waals surface area contributed by atoms with Gasteiger partial charge in [-0.2, -0.15) is 0 Å². The summed E-state index contributed by atoms with van der Waals surface area (Å²) in [7, 11) is 3.38. The number of aliphatic imine (C=N–C) groups is 1. The van der Waals surface area contributed by atoms with Crippen molar-refractivity contribution in [2.24, 2.45) is 4.99 Å². The second-order valence-electron chi connectivity index (χ2n) is 6.55. The van der Waals surface area contributed by atoms with Gasteiger partial charge in [0.2, 0.25) is 0 Å². The van der Waals surface area contributed by atoms with E-state index in [0.29, 0.717) is 18.2 Å². The number of benzene rings is 2. The number of fused-ring (bicyclic) bond motifs is 1. The molecule has 2 aromatic rings. The van der Waals surface area contributed by atoms with Crippen LogP contribution in [0.25, 0.3) is 0 Å². The summed E-state index contributed by atoms with van der Waals surface area (Å²) < 4.78 is 11.9. The van der Waals surface area contributed by atoms with E-state index in [1.807, 2.05) is 24.3 Å². The smallest absolute Gasteiger partial charge is 0.175 e. The molecule has 0 saturated carbocycles. The van der Waals surface area contributed by atoms with Crippen LogP contribution in [0.3, 0.4) is 0 Å². The molecule has 0 spiro atoms. The maximum absolute atomic E-state index is 5.69. The summed E-state index contributed by atoms with van der Waals surface area (Å²) in [5, 5.41) is 4.22. The Hall–Kier alpha value is -1.96. The minimum absolute atomic E-state index is 0.0303. The fraction of sp³-hybridized carbons (Fsp3) is 0.300. The lowest BCUT2D eigenvalue weighted by Crippen LogP contribution is -2.48. The molecule has 1 saturated heterocycles. The number of thiocarbonyl (C=S) groups is 1. The van der Waals surface area contributed by atoms with Crippen molar-refractivity contribution in [2.45, 2.75) is 11.6 Å². The average molecular weight is 446 g/mol. The van der Waals surface area contributed by atoms with Gasteiger partial charge < -0.3 is 19.7 Å². The maximum atomic E-state index is 5.69. The van der Waals surface area contributed by atoms with E-state index in [2.05, 4.69) is 50.4 Å². The molecule has 2 aromatic carbocycles. The lowest BCUT2D eigenvalue weighted by atomic mass is 9.82. The normalized spacial score (nSPS) is 24.3. The van der Waals surface area contributed by atoms with E-state index in [0.717, 1.165) is 27.2 Å². The van der Waals surface area contributed by atoms with Crippen LogP contribution in [0.1, 0.15) is 11.1 Å². The summed E-state index contributed by atoms with van der Waals surface area (Å²) >= 11 is 9.29. The second-order valence-corrected chi connectivity index (χ2v) is 7.85. The number of rotatable bonds is 4. The molecule has 0 aromatic heterocycles. The SMILES string of the molecule is COc1ccc(C2(c3cccc(Br)c3)NC(=S)N3CC(OC)CN=C32)cc1. The fourth-order valence-corrected chi connectivity index (χ4v) is 4.40. The quantitative estimate of drug-likeness (QED) is 0.731. The molecule has 0 radical (unpaired) electrons. The molecule has 0 amide bonds. The lowest BCUT2D eigenvalue weighted by Gasteiger charge is -2.34. The molecule has 2 aliphatic heterocycles. The highest BCUT2D eigenvalue weighted by atomic mass is 79.9. The number of halogens is 1. The Kier molecular flexibility index (Phi) is 4.92. The molecule has 1 fully saturated rings. The van der Waals surface area contributed by atoms with Crippen molar-refractivity contribution < 1.29 is 9.47 Å². The Bertz CT molecular complexity index is 902. The number of hydrogen-bond donors (Lipinski definition) is 1. The number of hydrogen-bond acceptors (Lipinski definition) is 4. The molecule has 7 heteroatoms. The second kappa shape index (κ2) is 7.22. The largest absolute Gasteiger partial charge is 0.497 e. The molecule has 4 rings (SSSR count). The molecule has 2 unspecified atom stereocenters. The van der Waals surface area contributed by atoms with Crippen molar-refractivity contribution in [3.63, 3.8) is 0 Å². The van der Waals surface area contributed by atoms with E-state index in [1.165, 1.54) is 0 Å². The van der Waals surface area contributed by atoms with Gasteiger partial charge in [0.1, 0.15) is 17.1 Å². The molecule has 1 N–H and O–H groups in total. The van der Waals surface area contributed by atoms with E-state index in [-0.39, 0.29) is 6.10 Å². The van der Waals surface area contributed by atoms with Crippen LogP contribution in [-0.2, 0) is 10.3 Å². The molecule has 140 valence electrons. The zero-order valence-corrected chi connectivity index (χ0v) is 17.5. The van der Waals surface area contributed by atoms with Gasteiger partial charge in [0.05, 0.1) is 26.3 Å². The van der Waals surface area contributed by atoms with E-state index in [1.54, 1.807) is 14.2 Å². The van der Waals surface area contributed by atoms with Gasteiger partial charge in [-0.1, -0.05) is 40.2 Å². The van der Waals surface area contributed by atoms with E-state index >= 15 is 0 Å². The first-order chi connectivity index (χ1) is 13.1. The van der Waals surface area contributed by atoms with Crippen molar-refractivity contribution in [1.29, 1.82) is 0 Å². The van der Waals surface area contributed by atoms with E-state index in [9.17, 15) is 0 Å². The Labute approximate surface area is 172 Å². The fourth-order valence-electron chi connectivity index (χ4n) is 3.69. The number of amidine groups is 1. The summed E-state index contributed by atoms with van der Waals surface area (Å²) in [4.78, 5) is 6.95. The number of ether oxygens (including phenoxy) is 2. The Morgan fingerprint density at radius 1 is 1.19 bits per heavy atom. The van der Waals surface area contributed by atoms with Crippen molar-refractivity contribution in [2.75, 3.05) is 27.3 Å². The summed E-state index contributed by atoms with van der Waals surface area (Å²) in [6.45, 7) is 1.30. The van der Waals surface area contributed by atoms with Crippen molar-refractivity contribution in [1.82, 2.24) is 10.2 Å². The third-order valence-electron chi connectivity index (χ3n) is 5.08. The van der Waals surface area contributed by atoms with Gasteiger partial charge >= 0.3 is 0 Å². The summed E-state index contributed by atoms with van der Waals surface area (Å²) in [5.74, 6) is 1.72. The van der Waals surface area contributed by atoms with Gasteiger partial charge in [-0.25, -0.2) is 0 Å². The van der Waals surface area contributed by atoms with Crippen LogP contribution in [0, 0.1) is 0 Å². The highest BCUT2D eigenvalue weighted by Crippen LogP contribution is 2.39. The molecule has 2 aliphatic rings. The van der Waals surface area contributed by atoms with E-state index in [4.69, 9.17) is 26.7 Å². The Balaban J connectivity index is 1.92. The molecule has 0 bridgehead atoms. The average Bonchev–Trinajstić information content (AvgIpc) is 3.01. The van der Waals surface area contributed by atoms with Crippen molar-refractivity contribution >= 4 is 39.1 Å². The van der Waals surface area contributed by atoms with Crippen molar-refractivity contribution in [3.05, 3.63) is 64.1 Å². The summed E-state index contributed by atoms with van der Waals surface area (Å²) in [5.41, 5.74) is 1.48. The predicted molar refractivity (Wildman–Crippen MR) is 113 cm³/mol. The zero-order valence-electron chi connectivity index (χ0n) is 15.1. The first-order valence-corrected chi connectivity index (χ1v) is 9.86. The lowest BCUT2D eigenvalue weighted by molar-refractivity contribution is 0.0947. The molecule has 5 nitrogen and oxygen atoms in total. The molecular weight excluding hydrogens is 426 g/mol. The van der Waals surface area contributed by atoms with Gasteiger partial charge in [0, 0.05) is 11.6 Å². The molecular formula is C20H20BrN3O2S. The summed E-state index contributed by atoms with van der Waals surface area (Å²) in [6.07, 6.45) is 0.0303. The minimum Gasteiger partial charge on any atom is -0.497 e. The third kappa shape index (κ3) is 3.03. The number of nitrogens with zero attached hydrogens (tertiary/aromatic N) is 2. The zero-order chi connectivity index (χ0) is 19.0. The van der Waals surface area contributed by atoms with Crippen LogP contribution < -0.4 is 10.1 Å². The highest BCUT2D eigenvalue weighted by molar-refractivity contribution is 9.10. The van der Waals surface area contributed by atoms with Crippen LogP contribution >= 0.6 is 28.1 Å². The van der Waals surface area contributed by atoms with Crippen LogP contribution in [0.5, 0.6) is 5.75 Å². The van der Waals surface area contributed by atoms with Gasteiger partial charge in [0.15, 0.2) is 5.11 Å². The predicted octanol–water partition coefficient (Wildman–Crippen LogP) is 3.32. The van der Waals surface area contributed by atoms with Crippen LogP contribution in [-0.4, -0.2) is 49.3 Å². The minimum atomic E-state index is -0.647. The van der Waals surface area contributed by atoms with Gasteiger partial charge in [-0.05, 0) is 47.6 Å². The topological polar surface area (TPSA) is 46.1 Å². The van der Waals surface area contributed by atoms with Gasteiger partial charge in [-0.15, -0.1) is 0 Å². The van der Waals surface area contributed by atoms with E-state index < -0.39 is 5.54 Å². The van der Waals surface area contributed by atoms with Crippen LogP contribution in [0.2, 0.25) is 0 Å². The Morgan fingerprint density at radius 2 is 1.96 bits per heavy atom. The molecule has 27 heavy (non-hydrogen) atoms. The van der Waals surface area contributed by atoms with Crippen LogP contribution in [0.15, 0.2) is 58.0 Å². The van der Waals surface area contributed by atoms with Crippen molar-refractivity contribution in [3.8, 4) is 5.75 Å². The number of nitrogens with one attached hydrogen (secondary N) is 1. The first kappa shape index (κ1) is 18.4. The maximum Gasteiger partial charge on any atom is 0.175 e.